The van der Waals surface area contributed by atoms with E-state index in [1.54, 1.807) is 0 Å². The van der Waals surface area contributed by atoms with Gasteiger partial charge in [0.25, 0.3) is 0 Å². The number of hydrogen-bond donors (Lipinski definition) is 2. The van der Waals surface area contributed by atoms with Crippen molar-refractivity contribution < 1.29 is 9.53 Å². The van der Waals surface area contributed by atoms with Crippen molar-refractivity contribution in [1.82, 2.24) is 10.6 Å². The number of ether oxygens (including phenoxy) is 1. The van der Waals surface area contributed by atoms with Gasteiger partial charge < -0.3 is 15.4 Å². The average Bonchev–Trinajstić information content (AvgIpc) is 3.05. The molecule has 0 aliphatic heterocycles. The van der Waals surface area contributed by atoms with Crippen LogP contribution in [0.2, 0.25) is 0 Å². The lowest BCUT2D eigenvalue weighted by molar-refractivity contribution is 0.0489. The van der Waals surface area contributed by atoms with Crippen molar-refractivity contribution in [3.05, 3.63) is 0 Å². The lowest BCUT2D eigenvalue weighted by Crippen LogP contribution is -2.44. The summed E-state index contributed by atoms with van der Waals surface area (Å²) in [6.45, 7) is 9.20. The molecule has 0 heterocycles. The van der Waals surface area contributed by atoms with E-state index in [0.29, 0.717) is 11.5 Å². The molecule has 2 rings (SSSR count). The summed E-state index contributed by atoms with van der Waals surface area (Å²) in [6, 6.07) is 0.906. The molecule has 2 N–H and O–H groups in total. The van der Waals surface area contributed by atoms with Crippen molar-refractivity contribution in [3.8, 4) is 0 Å². The molecule has 0 aromatic heterocycles. The van der Waals surface area contributed by atoms with Crippen LogP contribution in [0.25, 0.3) is 0 Å². The lowest BCUT2D eigenvalue weighted by atomic mass is 9.91. The van der Waals surface area contributed by atoms with Crippen molar-refractivity contribution in [2.75, 3.05) is 6.54 Å². The number of alkyl carbamates (subject to hydrolysis) is 1. The first-order chi connectivity index (χ1) is 9.26. The Morgan fingerprint density at radius 2 is 1.70 bits per heavy atom. The summed E-state index contributed by atoms with van der Waals surface area (Å²) in [6.07, 6.45) is 6.86. The van der Waals surface area contributed by atoms with E-state index in [1.165, 1.54) is 12.8 Å². The molecule has 2 aliphatic carbocycles. The second-order valence-electron chi connectivity index (χ2n) is 7.89. The van der Waals surface area contributed by atoms with Crippen molar-refractivity contribution in [3.63, 3.8) is 0 Å². The van der Waals surface area contributed by atoms with Crippen molar-refractivity contribution in [2.45, 2.75) is 83.9 Å². The van der Waals surface area contributed by atoms with Crippen LogP contribution in [-0.2, 0) is 4.74 Å². The maximum absolute atomic E-state index is 11.7. The highest BCUT2D eigenvalue weighted by molar-refractivity contribution is 5.68. The molecule has 0 spiro atoms. The van der Waals surface area contributed by atoms with Crippen LogP contribution in [0.1, 0.15) is 66.2 Å². The van der Waals surface area contributed by atoms with E-state index in [0.717, 1.165) is 32.2 Å². The Kier molecular flexibility index (Phi) is 4.62. The first-order valence-electron chi connectivity index (χ1n) is 7.99. The molecule has 0 bridgehead atoms. The summed E-state index contributed by atoms with van der Waals surface area (Å²) in [4.78, 5) is 11.7. The molecule has 20 heavy (non-hydrogen) atoms. The third-order valence-electron chi connectivity index (χ3n) is 4.37. The van der Waals surface area contributed by atoms with Gasteiger partial charge in [-0.2, -0.15) is 0 Å². The third-order valence-corrected chi connectivity index (χ3v) is 4.37. The zero-order valence-corrected chi connectivity index (χ0v) is 13.4. The predicted molar refractivity (Wildman–Crippen MR) is 80.8 cm³/mol. The summed E-state index contributed by atoms with van der Waals surface area (Å²) in [5, 5.41) is 6.68. The Balaban J connectivity index is 1.62. The number of carbonyl (C=O) groups excluding carboxylic acids is 1. The fourth-order valence-electron chi connectivity index (χ4n) is 2.70. The van der Waals surface area contributed by atoms with Gasteiger partial charge in [0, 0.05) is 18.6 Å². The maximum atomic E-state index is 11.7. The number of nitrogens with one attached hydrogen (secondary N) is 2. The molecule has 2 saturated carbocycles. The van der Waals surface area contributed by atoms with Crippen LogP contribution in [0.3, 0.4) is 0 Å². The zero-order valence-electron chi connectivity index (χ0n) is 13.4. The third kappa shape index (κ3) is 5.31. The van der Waals surface area contributed by atoms with Gasteiger partial charge in [0.15, 0.2) is 0 Å². The first kappa shape index (κ1) is 15.6. The second kappa shape index (κ2) is 5.92. The fraction of sp³-hybridized carbons (Fsp3) is 0.938. The number of hydrogen-bond acceptors (Lipinski definition) is 3. The van der Waals surface area contributed by atoms with Crippen molar-refractivity contribution >= 4 is 6.09 Å². The molecular formula is C16H30N2O2. The summed E-state index contributed by atoms with van der Waals surface area (Å²) >= 11 is 0. The minimum absolute atomic E-state index is 0.277. The molecule has 116 valence electrons. The van der Waals surface area contributed by atoms with E-state index in [4.69, 9.17) is 4.74 Å². The van der Waals surface area contributed by atoms with Gasteiger partial charge >= 0.3 is 6.09 Å². The molecule has 0 unspecified atom stereocenters. The van der Waals surface area contributed by atoms with Crippen LogP contribution >= 0.6 is 0 Å². The second-order valence-corrected chi connectivity index (χ2v) is 7.89. The van der Waals surface area contributed by atoms with Crippen LogP contribution in [0, 0.1) is 5.41 Å². The zero-order chi connectivity index (χ0) is 14.8. The maximum Gasteiger partial charge on any atom is 0.407 e. The largest absolute Gasteiger partial charge is 0.444 e. The normalized spacial score (nSPS) is 28.8. The topological polar surface area (TPSA) is 50.4 Å². The molecule has 4 nitrogen and oxygen atoms in total. The molecular weight excluding hydrogens is 252 g/mol. The molecule has 0 aromatic carbocycles. The summed E-state index contributed by atoms with van der Waals surface area (Å²) in [5.74, 6) is 0. The van der Waals surface area contributed by atoms with Crippen molar-refractivity contribution in [1.29, 1.82) is 0 Å². The fourth-order valence-corrected chi connectivity index (χ4v) is 2.70. The Hall–Kier alpha value is -0.770. The van der Waals surface area contributed by atoms with Crippen LogP contribution in [0.5, 0.6) is 0 Å². The van der Waals surface area contributed by atoms with E-state index in [1.807, 2.05) is 20.8 Å². The Morgan fingerprint density at radius 3 is 2.20 bits per heavy atom. The van der Waals surface area contributed by atoms with E-state index in [2.05, 4.69) is 17.6 Å². The summed E-state index contributed by atoms with van der Waals surface area (Å²) < 4.78 is 5.30. The Bertz CT molecular complexity index is 337. The number of amides is 1. The van der Waals surface area contributed by atoms with E-state index < -0.39 is 5.60 Å². The monoisotopic (exact) mass is 282 g/mol. The van der Waals surface area contributed by atoms with Gasteiger partial charge in [-0.25, -0.2) is 4.79 Å². The van der Waals surface area contributed by atoms with Crippen LogP contribution < -0.4 is 10.6 Å². The highest BCUT2D eigenvalue weighted by Gasteiger charge is 2.37. The first-order valence-corrected chi connectivity index (χ1v) is 7.99. The van der Waals surface area contributed by atoms with E-state index in [9.17, 15) is 4.79 Å². The quantitative estimate of drug-likeness (QED) is 0.832. The van der Waals surface area contributed by atoms with E-state index >= 15 is 0 Å². The highest BCUT2D eigenvalue weighted by atomic mass is 16.6. The van der Waals surface area contributed by atoms with Crippen LogP contribution in [0.4, 0.5) is 4.79 Å². The number of rotatable bonds is 4. The lowest BCUT2D eigenvalue weighted by Gasteiger charge is -2.31. The van der Waals surface area contributed by atoms with Gasteiger partial charge in [0.1, 0.15) is 5.60 Å². The molecule has 4 heteroatoms. The van der Waals surface area contributed by atoms with Gasteiger partial charge in [-0.1, -0.05) is 6.92 Å². The summed E-state index contributed by atoms with van der Waals surface area (Å²) in [7, 11) is 0. The Labute approximate surface area is 123 Å². The highest BCUT2D eigenvalue weighted by Crippen LogP contribution is 2.44. The average molecular weight is 282 g/mol. The summed E-state index contributed by atoms with van der Waals surface area (Å²) in [5.41, 5.74) is 0.161. The van der Waals surface area contributed by atoms with Gasteiger partial charge in [-0.05, 0) is 64.7 Å². The number of carbonyl (C=O) groups is 1. The van der Waals surface area contributed by atoms with E-state index in [-0.39, 0.29) is 12.1 Å². The SMILES string of the molecule is CC1(CNC2CCC(NC(=O)OC(C)(C)C)CC2)CC1. The molecule has 0 radical (unpaired) electrons. The van der Waals surface area contributed by atoms with Gasteiger partial charge in [0.2, 0.25) is 0 Å². The molecule has 1 amide bonds. The minimum Gasteiger partial charge on any atom is -0.444 e. The van der Waals surface area contributed by atoms with Crippen LogP contribution in [0.15, 0.2) is 0 Å². The smallest absolute Gasteiger partial charge is 0.407 e. The minimum atomic E-state index is -0.414. The van der Waals surface area contributed by atoms with Crippen molar-refractivity contribution in [2.24, 2.45) is 5.41 Å². The molecule has 0 saturated heterocycles. The molecule has 0 atom stereocenters. The molecule has 0 aromatic rings. The molecule has 2 aliphatic rings. The van der Waals surface area contributed by atoms with Gasteiger partial charge in [-0.15, -0.1) is 0 Å². The van der Waals surface area contributed by atoms with Crippen LogP contribution in [-0.4, -0.2) is 30.3 Å². The standard InChI is InChI=1S/C16H30N2O2/c1-15(2,3)20-14(19)18-13-7-5-12(6-8-13)17-11-16(4)9-10-16/h12-13,17H,5-11H2,1-4H3,(H,18,19). The Morgan fingerprint density at radius 1 is 1.15 bits per heavy atom. The van der Waals surface area contributed by atoms with Gasteiger partial charge in [0.05, 0.1) is 0 Å². The molecule has 2 fully saturated rings. The predicted octanol–water partition coefficient (Wildman–Crippen LogP) is 3.21. The van der Waals surface area contributed by atoms with Gasteiger partial charge in [-0.3, -0.25) is 0 Å².